The molecule has 8 heteroatoms. The highest BCUT2D eigenvalue weighted by molar-refractivity contribution is 6.01. The predicted octanol–water partition coefficient (Wildman–Crippen LogP) is 0.996. The van der Waals surface area contributed by atoms with Crippen molar-refractivity contribution in [3.05, 3.63) is 40.9 Å². The molecule has 0 spiro atoms. The maximum atomic E-state index is 12.6. The Morgan fingerprint density at radius 3 is 2.79 bits per heavy atom. The minimum Gasteiger partial charge on any atom is -0.448 e. The van der Waals surface area contributed by atoms with Gasteiger partial charge in [-0.25, -0.2) is 4.98 Å². The number of nitrogens with one attached hydrogen (secondary N) is 1. The predicted molar refractivity (Wildman–Crippen MR) is 92.5 cm³/mol. The molecule has 0 saturated carbocycles. The van der Waals surface area contributed by atoms with Gasteiger partial charge < -0.3 is 14.6 Å². The van der Waals surface area contributed by atoms with E-state index in [1.165, 1.54) is 10.9 Å². The molecule has 4 rings (SSSR count). The number of hydrogen-bond donors (Lipinski definition) is 1. The van der Waals surface area contributed by atoms with Gasteiger partial charge in [-0.1, -0.05) is 12.1 Å². The average molecular weight is 349 g/mol. The number of benzene rings is 1. The fourth-order valence-electron chi connectivity index (χ4n) is 2.89. The van der Waals surface area contributed by atoms with Gasteiger partial charge in [0, 0.05) is 31.6 Å². The van der Waals surface area contributed by atoms with E-state index in [9.17, 15) is 9.59 Å². The Morgan fingerprint density at radius 1 is 1.25 bits per heavy atom. The van der Waals surface area contributed by atoms with Crippen LogP contribution in [-0.4, -0.2) is 46.5 Å². The Morgan fingerprint density at radius 2 is 2.00 bits per heavy atom. The molecule has 7 nitrogen and oxygen atoms in total. The zero-order chi connectivity index (χ0) is 15.8. The second kappa shape index (κ2) is 6.62. The van der Waals surface area contributed by atoms with Crippen molar-refractivity contribution in [1.82, 2.24) is 19.8 Å². The maximum Gasteiger partial charge on any atom is 0.297 e. The number of piperazine rings is 1. The summed E-state index contributed by atoms with van der Waals surface area (Å²) < 4.78 is 6.93. The largest absolute Gasteiger partial charge is 0.448 e. The summed E-state index contributed by atoms with van der Waals surface area (Å²) in [6, 6.07) is 7.38. The molecular formula is C16H17ClN4O3. The monoisotopic (exact) mass is 348 g/mol. The number of furan rings is 1. The highest BCUT2D eigenvalue weighted by Gasteiger charge is 2.19. The number of nitrogens with zero attached hydrogens (tertiary/aromatic N) is 3. The summed E-state index contributed by atoms with van der Waals surface area (Å²) >= 11 is 0. The zero-order valence-electron chi connectivity index (χ0n) is 12.9. The first kappa shape index (κ1) is 16.5. The molecule has 0 radical (unpaired) electrons. The lowest BCUT2D eigenvalue weighted by Crippen LogP contribution is -2.48. The highest BCUT2D eigenvalue weighted by atomic mass is 35.5. The van der Waals surface area contributed by atoms with Crippen LogP contribution in [0.15, 0.2) is 39.8 Å². The third-order valence-corrected chi connectivity index (χ3v) is 4.13. The maximum absolute atomic E-state index is 12.6. The van der Waals surface area contributed by atoms with Gasteiger partial charge in [0.05, 0.1) is 6.33 Å². The lowest BCUT2D eigenvalue weighted by atomic mass is 10.2. The Balaban J connectivity index is 0.00000169. The number of hydrogen-bond acceptors (Lipinski definition) is 5. The van der Waals surface area contributed by atoms with E-state index in [1.807, 2.05) is 18.2 Å². The van der Waals surface area contributed by atoms with Crippen LogP contribution in [0.4, 0.5) is 0 Å². The number of fused-ring (bicyclic) bond motifs is 3. The van der Waals surface area contributed by atoms with Gasteiger partial charge in [-0.15, -0.1) is 12.4 Å². The van der Waals surface area contributed by atoms with E-state index >= 15 is 0 Å². The van der Waals surface area contributed by atoms with Crippen LogP contribution in [0, 0.1) is 0 Å². The lowest BCUT2D eigenvalue weighted by Gasteiger charge is -2.27. The van der Waals surface area contributed by atoms with Crippen LogP contribution in [-0.2, 0) is 11.3 Å². The van der Waals surface area contributed by atoms with Crippen molar-refractivity contribution in [2.45, 2.75) is 6.54 Å². The molecule has 0 unspecified atom stereocenters. The van der Waals surface area contributed by atoms with E-state index in [0.717, 1.165) is 18.5 Å². The van der Waals surface area contributed by atoms with E-state index < -0.39 is 0 Å². The van der Waals surface area contributed by atoms with Crippen LogP contribution in [0.5, 0.6) is 0 Å². The van der Waals surface area contributed by atoms with Gasteiger partial charge in [0.2, 0.25) is 11.5 Å². The third kappa shape index (κ3) is 2.76. The fourth-order valence-corrected chi connectivity index (χ4v) is 2.89. The molecule has 126 valence electrons. The molecule has 1 aromatic carbocycles. The Hall–Kier alpha value is -2.38. The first-order valence-corrected chi connectivity index (χ1v) is 7.59. The number of carbonyl (C=O) groups is 1. The van der Waals surface area contributed by atoms with E-state index in [0.29, 0.717) is 24.2 Å². The molecule has 3 aromatic rings. The van der Waals surface area contributed by atoms with Crippen molar-refractivity contribution in [2.75, 3.05) is 26.2 Å². The Labute approximate surface area is 143 Å². The molecule has 2 aromatic heterocycles. The Bertz CT molecular complexity index is 943. The van der Waals surface area contributed by atoms with Gasteiger partial charge in [0.1, 0.15) is 17.6 Å². The zero-order valence-corrected chi connectivity index (χ0v) is 13.7. The van der Waals surface area contributed by atoms with Crippen LogP contribution >= 0.6 is 12.4 Å². The number of amides is 1. The molecule has 1 saturated heterocycles. The van der Waals surface area contributed by atoms with Crippen LogP contribution in [0.2, 0.25) is 0 Å². The lowest BCUT2D eigenvalue weighted by molar-refractivity contribution is -0.132. The molecule has 1 amide bonds. The van der Waals surface area contributed by atoms with Crippen LogP contribution < -0.4 is 10.9 Å². The van der Waals surface area contributed by atoms with Gasteiger partial charge >= 0.3 is 0 Å². The first-order chi connectivity index (χ1) is 11.2. The summed E-state index contributed by atoms with van der Waals surface area (Å²) in [5.41, 5.74) is 1.03. The first-order valence-electron chi connectivity index (χ1n) is 7.59. The van der Waals surface area contributed by atoms with E-state index in [1.54, 1.807) is 11.0 Å². The average Bonchev–Trinajstić information content (AvgIpc) is 2.98. The van der Waals surface area contributed by atoms with E-state index in [2.05, 4.69) is 10.3 Å². The molecule has 1 N–H and O–H groups in total. The second-order valence-corrected chi connectivity index (χ2v) is 5.58. The molecule has 0 atom stereocenters. The summed E-state index contributed by atoms with van der Waals surface area (Å²) in [7, 11) is 0. The standard InChI is InChI=1S/C16H16N4O3.ClH/c21-13(19-7-5-17-6-8-19)9-20-10-18-14-11-3-1-2-4-12(11)23-15(14)16(20)22;/h1-4,10,17H,5-9H2;1H. The van der Waals surface area contributed by atoms with Crippen LogP contribution in [0.3, 0.4) is 0 Å². The summed E-state index contributed by atoms with van der Waals surface area (Å²) in [6.45, 7) is 2.86. The van der Waals surface area contributed by atoms with E-state index in [-0.39, 0.29) is 36.0 Å². The molecule has 0 aliphatic carbocycles. The van der Waals surface area contributed by atoms with Crippen molar-refractivity contribution in [1.29, 1.82) is 0 Å². The fraction of sp³-hybridized carbons (Fsp3) is 0.312. The highest BCUT2D eigenvalue weighted by Crippen LogP contribution is 2.23. The topological polar surface area (TPSA) is 80.4 Å². The quantitative estimate of drug-likeness (QED) is 0.747. The summed E-state index contributed by atoms with van der Waals surface area (Å²) in [5.74, 6) is -0.0779. The minimum absolute atomic E-state index is 0. The normalized spacial score (nSPS) is 14.8. The number of rotatable bonds is 2. The smallest absolute Gasteiger partial charge is 0.297 e. The van der Waals surface area contributed by atoms with Crippen molar-refractivity contribution in [2.24, 2.45) is 0 Å². The van der Waals surface area contributed by atoms with Gasteiger partial charge in [-0.3, -0.25) is 14.2 Å². The number of halogens is 1. The molecule has 24 heavy (non-hydrogen) atoms. The van der Waals surface area contributed by atoms with Crippen LogP contribution in [0.25, 0.3) is 22.1 Å². The molecule has 1 fully saturated rings. The SMILES string of the molecule is Cl.O=C(Cn1cnc2c(oc3ccccc32)c1=O)N1CCNCC1. The van der Waals surface area contributed by atoms with Crippen molar-refractivity contribution >= 4 is 40.4 Å². The van der Waals surface area contributed by atoms with Crippen molar-refractivity contribution < 1.29 is 9.21 Å². The molecule has 1 aliphatic rings. The minimum atomic E-state index is -0.324. The second-order valence-electron chi connectivity index (χ2n) is 5.58. The third-order valence-electron chi connectivity index (χ3n) is 4.13. The summed E-state index contributed by atoms with van der Waals surface area (Å²) in [4.78, 5) is 30.9. The van der Waals surface area contributed by atoms with Gasteiger partial charge in [0.15, 0.2) is 0 Å². The Kier molecular flexibility index (Phi) is 4.55. The number of aromatic nitrogens is 2. The van der Waals surface area contributed by atoms with Gasteiger partial charge in [-0.05, 0) is 12.1 Å². The molecule has 0 bridgehead atoms. The summed E-state index contributed by atoms with van der Waals surface area (Å²) in [5, 5.41) is 4.00. The summed E-state index contributed by atoms with van der Waals surface area (Å²) in [6.07, 6.45) is 1.42. The molecular weight excluding hydrogens is 332 g/mol. The number of carbonyl (C=O) groups excluding carboxylic acids is 1. The van der Waals surface area contributed by atoms with Gasteiger partial charge in [-0.2, -0.15) is 0 Å². The van der Waals surface area contributed by atoms with Crippen molar-refractivity contribution in [3.63, 3.8) is 0 Å². The van der Waals surface area contributed by atoms with Gasteiger partial charge in [0.25, 0.3) is 5.56 Å². The molecule has 3 heterocycles. The van der Waals surface area contributed by atoms with Crippen molar-refractivity contribution in [3.8, 4) is 0 Å². The molecule has 1 aliphatic heterocycles. The number of para-hydroxylation sites is 1. The van der Waals surface area contributed by atoms with Crippen LogP contribution in [0.1, 0.15) is 0 Å². The van der Waals surface area contributed by atoms with E-state index in [4.69, 9.17) is 4.42 Å².